The molecular weight excluding hydrogens is 254 g/mol. The van der Waals surface area contributed by atoms with E-state index in [9.17, 15) is 9.59 Å². The molecule has 20 heavy (non-hydrogen) atoms. The van der Waals surface area contributed by atoms with Gasteiger partial charge in [0.15, 0.2) is 0 Å². The minimum absolute atomic E-state index is 0.00310. The van der Waals surface area contributed by atoms with Gasteiger partial charge in [0.1, 0.15) is 0 Å². The van der Waals surface area contributed by atoms with Crippen molar-refractivity contribution in [1.29, 1.82) is 0 Å². The summed E-state index contributed by atoms with van der Waals surface area (Å²) in [5, 5.41) is 7.75. The zero-order valence-corrected chi connectivity index (χ0v) is 11.7. The Hall–Kier alpha value is -2.48. The minimum Gasteiger partial charge on any atom is -0.376 e. The SMILES string of the molecule is C#Cc1cccc(NCC(=O)NC(=O)NCC(C)C)c1. The third-order valence-electron chi connectivity index (χ3n) is 2.41. The summed E-state index contributed by atoms with van der Waals surface area (Å²) in [6.07, 6.45) is 5.29. The fourth-order valence-corrected chi connectivity index (χ4v) is 1.41. The second-order valence-corrected chi connectivity index (χ2v) is 4.73. The minimum atomic E-state index is -0.483. The summed E-state index contributed by atoms with van der Waals surface area (Å²) in [5.74, 6) is 2.44. The second-order valence-electron chi connectivity index (χ2n) is 4.73. The Morgan fingerprint density at radius 2 is 2.10 bits per heavy atom. The van der Waals surface area contributed by atoms with Crippen LogP contribution in [0.15, 0.2) is 24.3 Å². The summed E-state index contributed by atoms with van der Waals surface area (Å²) in [6, 6.07) is 6.66. The molecule has 3 amide bonds. The van der Waals surface area contributed by atoms with Crippen molar-refractivity contribution < 1.29 is 9.59 Å². The van der Waals surface area contributed by atoms with Crippen LogP contribution >= 0.6 is 0 Å². The van der Waals surface area contributed by atoms with Gasteiger partial charge in [-0.3, -0.25) is 10.1 Å². The Balaban J connectivity index is 2.36. The lowest BCUT2D eigenvalue weighted by atomic mass is 10.2. The third kappa shape index (κ3) is 5.91. The quantitative estimate of drug-likeness (QED) is 0.713. The zero-order chi connectivity index (χ0) is 15.0. The molecule has 0 saturated carbocycles. The number of anilines is 1. The molecule has 0 atom stereocenters. The molecule has 0 aliphatic rings. The van der Waals surface area contributed by atoms with Gasteiger partial charge in [0.05, 0.1) is 6.54 Å². The van der Waals surface area contributed by atoms with Gasteiger partial charge in [0.25, 0.3) is 0 Å². The van der Waals surface area contributed by atoms with Crippen LogP contribution in [0.3, 0.4) is 0 Å². The Kier molecular flexibility index (Phi) is 6.11. The third-order valence-corrected chi connectivity index (χ3v) is 2.41. The first-order valence-corrected chi connectivity index (χ1v) is 6.39. The molecule has 0 bridgehead atoms. The Labute approximate surface area is 119 Å². The average molecular weight is 273 g/mol. The van der Waals surface area contributed by atoms with Crippen LogP contribution in [-0.4, -0.2) is 25.0 Å². The highest BCUT2D eigenvalue weighted by Crippen LogP contribution is 2.08. The fourth-order valence-electron chi connectivity index (χ4n) is 1.41. The van der Waals surface area contributed by atoms with Crippen LogP contribution < -0.4 is 16.0 Å². The van der Waals surface area contributed by atoms with Gasteiger partial charge in [-0.1, -0.05) is 25.8 Å². The molecule has 0 saturated heterocycles. The van der Waals surface area contributed by atoms with E-state index in [0.29, 0.717) is 12.5 Å². The Morgan fingerprint density at radius 3 is 2.75 bits per heavy atom. The van der Waals surface area contributed by atoms with Gasteiger partial charge < -0.3 is 10.6 Å². The van der Waals surface area contributed by atoms with Crippen molar-refractivity contribution >= 4 is 17.6 Å². The molecule has 5 nitrogen and oxygen atoms in total. The van der Waals surface area contributed by atoms with Gasteiger partial charge in [-0.25, -0.2) is 4.79 Å². The van der Waals surface area contributed by atoms with Crippen LogP contribution in [0, 0.1) is 18.3 Å². The molecule has 106 valence electrons. The first kappa shape index (κ1) is 15.6. The van der Waals surface area contributed by atoms with E-state index in [2.05, 4.69) is 21.9 Å². The Morgan fingerprint density at radius 1 is 1.35 bits per heavy atom. The number of carbonyl (C=O) groups excluding carboxylic acids is 2. The molecule has 0 fully saturated rings. The van der Waals surface area contributed by atoms with Crippen LogP contribution in [0.2, 0.25) is 0 Å². The molecule has 0 spiro atoms. The number of urea groups is 1. The number of benzene rings is 1. The van der Waals surface area contributed by atoms with E-state index >= 15 is 0 Å². The molecule has 0 aliphatic heterocycles. The molecule has 0 radical (unpaired) electrons. The van der Waals surface area contributed by atoms with Crippen molar-refractivity contribution in [2.75, 3.05) is 18.4 Å². The van der Waals surface area contributed by atoms with E-state index in [1.807, 2.05) is 13.8 Å². The lowest BCUT2D eigenvalue weighted by molar-refractivity contribution is -0.118. The molecule has 0 aromatic heterocycles. The smallest absolute Gasteiger partial charge is 0.321 e. The van der Waals surface area contributed by atoms with Crippen molar-refractivity contribution in [3.05, 3.63) is 29.8 Å². The molecule has 1 aromatic carbocycles. The highest BCUT2D eigenvalue weighted by Gasteiger charge is 2.07. The van der Waals surface area contributed by atoms with Crippen LogP contribution in [-0.2, 0) is 4.79 Å². The summed E-state index contributed by atoms with van der Waals surface area (Å²) < 4.78 is 0. The lowest BCUT2D eigenvalue weighted by Crippen LogP contribution is -2.43. The number of carbonyl (C=O) groups is 2. The van der Waals surface area contributed by atoms with Gasteiger partial charge in [-0.2, -0.15) is 0 Å². The molecule has 5 heteroatoms. The van der Waals surface area contributed by atoms with Crippen LogP contribution in [0.5, 0.6) is 0 Å². The molecule has 0 unspecified atom stereocenters. The van der Waals surface area contributed by atoms with Gasteiger partial charge in [-0.05, 0) is 24.1 Å². The molecule has 1 rings (SSSR count). The number of terminal acetylenes is 1. The van der Waals surface area contributed by atoms with Gasteiger partial charge >= 0.3 is 6.03 Å². The zero-order valence-electron chi connectivity index (χ0n) is 11.7. The number of amides is 3. The number of hydrogen-bond acceptors (Lipinski definition) is 3. The maximum absolute atomic E-state index is 11.6. The standard InChI is InChI=1S/C15H19N3O2/c1-4-12-6-5-7-13(8-12)16-10-14(19)18-15(20)17-9-11(2)3/h1,5-8,11,16H,9-10H2,2-3H3,(H2,17,18,19,20). The number of rotatable bonds is 5. The highest BCUT2D eigenvalue weighted by molar-refractivity contribution is 5.96. The monoisotopic (exact) mass is 273 g/mol. The van der Waals surface area contributed by atoms with Crippen molar-refractivity contribution in [3.8, 4) is 12.3 Å². The number of nitrogens with one attached hydrogen (secondary N) is 3. The van der Waals surface area contributed by atoms with Crippen LogP contribution in [0.1, 0.15) is 19.4 Å². The second kappa shape index (κ2) is 7.85. The van der Waals surface area contributed by atoms with Crippen LogP contribution in [0.4, 0.5) is 10.5 Å². The van der Waals surface area contributed by atoms with E-state index in [1.165, 1.54) is 0 Å². The van der Waals surface area contributed by atoms with E-state index in [4.69, 9.17) is 6.42 Å². The predicted molar refractivity (Wildman–Crippen MR) is 79.2 cm³/mol. The maximum atomic E-state index is 11.6. The molecule has 0 heterocycles. The van der Waals surface area contributed by atoms with E-state index < -0.39 is 11.9 Å². The van der Waals surface area contributed by atoms with E-state index in [-0.39, 0.29) is 6.54 Å². The fraction of sp³-hybridized carbons (Fsp3) is 0.333. The number of hydrogen-bond donors (Lipinski definition) is 3. The largest absolute Gasteiger partial charge is 0.376 e. The normalized spacial score (nSPS) is 9.70. The summed E-state index contributed by atoms with van der Waals surface area (Å²) in [4.78, 5) is 22.9. The van der Waals surface area contributed by atoms with Gasteiger partial charge in [0, 0.05) is 17.8 Å². The van der Waals surface area contributed by atoms with Crippen molar-refractivity contribution in [3.63, 3.8) is 0 Å². The summed E-state index contributed by atoms with van der Waals surface area (Å²) in [5.41, 5.74) is 1.46. The summed E-state index contributed by atoms with van der Waals surface area (Å²) in [7, 11) is 0. The molecule has 3 N–H and O–H groups in total. The highest BCUT2D eigenvalue weighted by atomic mass is 16.2. The predicted octanol–water partition coefficient (Wildman–Crippen LogP) is 1.56. The number of imide groups is 1. The molecule has 1 aromatic rings. The molecule has 0 aliphatic carbocycles. The lowest BCUT2D eigenvalue weighted by Gasteiger charge is -2.09. The van der Waals surface area contributed by atoms with Crippen molar-refractivity contribution in [2.24, 2.45) is 5.92 Å². The van der Waals surface area contributed by atoms with Gasteiger partial charge in [0.2, 0.25) is 5.91 Å². The van der Waals surface area contributed by atoms with Gasteiger partial charge in [-0.15, -0.1) is 6.42 Å². The summed E-state index contributed by atoms with van der Waals surface area (Å²) in [6.45, 7) is 4.48. The van der Waals surface area contributed by atoms with E-state index in [0.717, 1.165) is 11.3 Å². The topological polar surface area (TPSA) is 70.2 Å². The van der Waals surface area contributed by atoms with Crippen molar-refractivity contribution in [2.45, 2.75) is 13.8 Å². The van der Waals surface area contributed by atoms with Crippen LogP contribution in [0.25, 0.3) is 0 Å². The molecular formula is C15H19N3O2. The van der Waals surface area contributed by atoms with E-state index in [1.54, 1.807) is 24.3 Å². The Bertz CT molecular complexity index is 518. The maximum Gasteiger partial charge on any atom is 0.321 e. The first-order valence-electron chi connectivity index (χ1n) is 6.39. The first-order chi connectivity index (χ1) is 9.51. The van der Waals surface area contributed by atoms with Crippen molar-refractivity contribution in [1.82, 2.24) is 10.6 Å². The summed E-state index contributed by atoms with van der Waals surface area (Å²) >= 11 is 0. The average Bonchev–Trinajstić information content (AvgIpc) is 2.43.